The molecule has 0 fully saturated rings. The molecule has 0 aliphatic heterocycles. The van der Waals surface area contributed by atoms with Gasteiger partial charge in [0.2, 0.25) is 5.91 Å². The summed E-state index contributed by atoms with van der Waals surface area (Å²) in [6, 6.07) is 15.9. The molecule has 0 aromatic heterocycles. The number of nitrogens with one attached hydrogen (secondary N) is 2. The molecule has 0 bridgehead atoms. The lowest BCUT2D eigenvalue weighted by Gasteiger charge is -2.27. The van der Waals surface area contributed by atoms with Crippen molar-refractivity contribution in [3.05, 3.63) is 65.7 Å². The topological polar surface area (TPSA) is 70.7 Å². The molecule has 1 atom stereocenters. The first-order chi connectivity index (χ1) is 12.0. The van der Waals surface area contributed by atoms with E-state index in [1.807, 2.05) is 66.5 Å². The van der Waals surface area contributed by atoms with Gasteiger partial charge in [0.1, 0.15) is 11.8 Å². The van der Waals surface area contributed by atoms with E-state index in [1.165, 1.54) is 7.05 Å². The predicted octanol–water partition coefficient (Wildman–Crippen LogP) is 2.32. The van der Waals surface area contributed by atoms with E-state index in [-0.39, 0.29) is 5.91 Å². The second-order valence-electron chi connectivity index (χ2n) is 5.65. The molecular formula is C19H23N3O3. The number of benzene rings is 2. The summed E-state index contributed by atoms with van der Waals surface area (Å²) in [5, 5.41) is 4.76. The van der Waals surface area contributed by atoms with Gasteiger partial charge in [-0.2, -0.15) is 0 Å². The second-order valence-corrected chi connectivity index (χ2v) is 5.65. The van der Waals surface area contributed by atoms with Gasteiger partial charge in [-0.3, -0.25) is 15.0 Å². The van der Waals surface area contributed by atoms with Crippen LogP contribution in [0.4, 0.5) is 4.79 Å². The molecule has 6 heteroatoms. The van der Waals surface area contributed by atoms with Gasteiger partial charge in [0.05, 0.1) is 7.11 Å². The summed E-state index contributed by atoms with van der Waals surface area (Å²) in [6.45, 7) is 0.526. The van der Waals surface area contributed by atoms with Crippen LogP contribution in [0.25, 0.3) is 0 Å². The minimum atomic E-state index is -0.593. The van der Waals surface area contributed by atoms with Crippen LogP contribution >= 0.6 is 0 Å². The van der Waals surface area contributed by atoms with Crippen LogP contribution in [0.3, 0.4) is 0 Å². The summed E-state index contributed by atoms with van der Waals surface area (Å²) >= 11 is 0. The Morgan fingerprint density at radius 2 is 1.84 bits per heavy atom. The van der Waals surface area contributed by atoms with Gasteiger partial charge in [0.15, 0.2) is 0 Å². The molecule has 2 N–H and O–H groups in total. The van der Waals surface area contributed by atoms with Gasteiger partial charge < -0.3 is 10.1 Å². The monoisotopic (exact) mass is 341 g/mol. The Hall–Kier alpha value is -2.86. The number of likely N-dealkylation sites (N-methyl/N-ethyl adjacent to an activating group) is 1. The average Bonchev–Trinajstić information content (AvgIpc) is 2.62. The minimum absolute atomic E-state index is 0.379. The van der Waals surface area contributed by atoms with Crippen molar-refractivity contribution in [3.8, 4) is 5.75 Å². The molecule has 0 radical (unpaired) electrons. The van der Waals surface area contributed by atoms with E-state index in [0.29, 0.717) is 6.54 Å². The molecule has 0 aliphatic carbocycles. The Morgan fingerprint density at radius 1 is 1.12 bits per heavy atom. The van der Waals surface area contributed by atoms with Gasteiger partial charge in [0, 0.05) is 13.6 Å². The quantitative estimate of drug-likeness (QED) is 0.846. The molecule has 6 nitrogen and oxygen atoms in total. The van der Waals surface area contributed by atoms with E-state index in [9.17, 15) is 9.59 Å². The Bertz CT molecular complexity index is 719. The van der Waals surface area contributed by atoms with E-state index < -0.39 is 12.1 Å². The third kappa shape index (κ3) is 5.06. The van der Waals surface area contributed by atoms with Crippen LogP contribution in [0.15, 0.2) is 54.6 Å². The number of methoxy groups -OCH3 is 1. The van der Waals surface area contributed by atoms with E-state index in [2.05, 4.69) is 10.6 Å². The molecular weight excluding hydrogens is 318 g/mol. The lowest BCUT2D eigenvalue weighted by atomic mass is 10.0. The van der Waals surface area contributed by atoms with Gasteiger partial charge in [-0.25, -0.2) is 4.79 Å². The number of urea groups is 1. The number of amides is 3. The fourth-order valence-corrected chi connectivity index (χ4v) is 2.63. The van der Waals surface area contributed by atoms with Crippen molar-refractivity contribution in [2.75, 3.05) is 21.2 Å². The van der Waals surface area contributed by atoms with Crippen molar-refractivity contribution in [1.82, 2.24) is 15.5 Å². The lowest BCUT2D eigenvalue weighted by molar-refractivity contribution is -0.125. The number of nitrogens with zero attached hydrogens (tertiary/aromatic N) is 1. The zero-order valence-electron chi connectivity index (χ0n) is 14.7. The van der Waals surface area contributed by atoms with Crippen molar-refractivity contribution in [3.63, 3.8) is 0 Å². The maximum atomic E-state index is 12.6. The van der Waals surface area contributed by atoms with Crippen molar-refractivity contribution in [1.29, 1.82) is 0 Å². The molecule has 3 amide bonds. The minimum Gasteiger partial charge on any atom is -0.497 e. The van der Waals surface area contributed by atoms with Crippen LogP contribution in [0.1, 0.15) is 17.2 Å². The molecule has 0 saturated heterocycles. The molecule has 0 aliphatic rings. The zero-order valence-corrected chi connectivity index (χ0v) is 14.7. The zero-order chi connectivity index (χ0) is 18.2. The second kappa shape index (κ2) is 8.84. The molecule has 0 spiro atoms. The molecule has 0 saturated carbocycles. The largest absolute Gasteiger partial charge is 0.497 e. The normalized spacial score (nSPS) is 11.7. The third-order valence-corrected chi connectivity index (χ3v) is 3.83. The van der Waals surface area contributed by atoms with Crippen LogP contribution in [-0.2, 0) is 11.3 Å². The number of imide groups is 1. The Morgan fingerprint density at radius 3 is 2.48 bits per heavy atom. The van der Waals surface area contributed by atoms with Crippen LogP contribution < -0.4 is 15.4 Å². The van der Waals surface area contributed by atoms with Gasteiger partial charge >= 0.3 is 6.03 Å². The Kier molecular flexibility index (Phi) is 6.54. The lowest BCUT2D eigenvalue weighted by Crippen LogP contribution is -2.44. The molecule has 132 valence electrons. The molecule has 2 aromatic carbocycles. The smallest absolute Gasteiger partial charge is 0.321 e. The van der Waals surface area contributed by atoms with Crippen molar-refractivity contribution >= 4 is 11.9 Å². The van der Waals surface area contributed by atoms with E-state index >= 15 is 0 Å². The van der Waals surface area contributed by atoms with E-state index in [4.69, 9.17) is 4.74 Å². The fourth-order valence-electron chi connectivity index (χ4n) is 2.63. The maximum Gasteiger partial charge on any atom is 0.321 e. The van der Waals surface area contributed by atoms with Crippen molar-refractivity contribution < 1.29 is 14.3 Å². The molecule has 0 unspecified atom stereocenters. The van der Waals surface area contributed by atoms with Crippen molar-refractivity contribution in [2.24, 2.45) is 0 Å². The van der Waals surface area contributed by atoms with E-state index in [1.54, 1.807) is 7.11 Å². The highest BCUT2D eigenvalue weighted by atomic mass is 16.5. The SMILES string of the molecule is CNC(=O)NC(=O)[C@H](c1ccccc1)N(C)Cc1cccc(OC)c1. The summed E-state index contributed by atoms with van der Waals surface area (Å²) in [4.78, 5) is 26.1. The third-order valence-electron chi connectivity index (χ3n) is 3.83. The van der Waals surface area contributed by atoms with Gasteiger partial charge in [-0.15, -0.1) is 0 Å². The number of carbonyl (C=O) groups is 2. The Balaban J connectivity index is 2.24. The number of hydrogen-bond acceptors (Lipinski definition) is 4. The summed E-state index contributed by atoms with van der Waals surface area (Å²) in [6.07, 6.45) is 0. The highest BCUT2D eigenvalue weighted by Crippen LogP contribution is 2.23. The van der Waals surface area contributed by atoms with Crippen LogP contribution in [0.5, 0.6) is 5.75 Å². The average molecular weight is 341 g/mol. The van der Waals surface area contributed by atoms with Gasteiger partial charge in [0.25, 0.3) is 0 Å². The first-order valence-corrected chi connectivity index (χ1v) is 7.96. The highest BCUT2D eigenvalue weighted by Gasteiger charge is 2.26. The number of hydrogen-bond donors (Lipinski definition) is 2. The molecule has 2 rings (SSSR count). The summed E-state index contributed by atoms with van der Waals surface area (Å²) < 4.78 is 5.25. The first kappa shape index (κ1) is 18.5. The summed E-state index contributed by atoms with van der Waals surface area (Å²) in [5.74, 6) is 0.382. The van der Waals surface area contributed by atoms with Crippen molar-refractivity contribution in [2.45, 2.75) is 12.6 Å². The fraction of sp³-hybridized carbons (Fsp3) is 0.263. The highest BCUT2D eigenvalue weighted by molar-refractivity contribution is 5.97. The van der Waals surface area contributed by atoms with Crippen LogP contribution in [0, 0.1) is 0 Å². The summed E-state index contributed by atoms with van der Waals surface area (Å²) in [5.41, 5.74) is 1.82. The first-order valence-electron chi connectivity index (χ1n) is 7.96. The van der Waals surface area contributed by atoms with Gasteiger partial charge in [-0.05, 0) is 30.3 Å². The van der Waals surface area contributed by atoms with Crippen LogP contribution in [-0.4, -0.2) is 38.0 Å². The molecule has 25 heavy (non-hydrogen) atoms. The Labute approximate surface area is 147 Å². The number of rotatable bonds is 6. The van der Waals surface area contributed by atoms with Crippen LogP contribution in [0.2, 0.25) is 0 Å². The van der Waals surface area contributed by atoms with E-state index in [0.717, 1.165) is 16.9 Å². The molecule has 2 aromatic rings. The summed E-state index contributed by atoms with van der Waals surface area (Å²) in [7, 11) is 4.94. The predicted molar refractivity (Wildman–Crippen MR) is 96.2 cm³/mol. The standard InChI is InChI=1S/C19H23N3O3/c1-20-19(24)21-18(23)17(15-9-5-4-6-10-15)22(2)13-14-8-7-11-16(12-14)25-3/h4-12,17H,13H2,1-3H3,(H2,20,21,23,24)/t17-/m0/s1. The van der Waals surface area contributed by atoms with Gasteiger partial charge in [-0.1, -0.05) is 42.5 Å². The number of carbonyl (C=O) groups excluding carboxylic acids is 2. The number of ether oxygens (including phenoxy) is 1. The molecule has 0 heterocycles. The maximum absolute atomic E-state index is 12.6.